The Morgan fingerprint density at radius 2 is 2.31 bits per heavy atom. The van der Waals surface area contributed by atoms with E-state index in [-0.39, 0.29) is 0 Å². The molecule has 0 radical (unpaired) electrons. The molecule has 1 rings (SSSR count). The topological polar surface area (TPSA) is 33.4 Å². The summed E-state index contributed by atoms with van der Waals surface area (Å²) in [5, 5.41) is 9.68. The van der Waals surface area contributed by atoms with E-state index < -0.39 is 6.10 Å². The van der Waals surface area contributed by atoms with Gasteiger partial charge in [-0.05, 0) is 25.5 Å². The molecule has 2 heteroatoms. The van der Waals surface area contributed by atoms with E-state index in [2.05, 4.69) is 6.58 Å². The lowest BCUT2D eigenvalue weighted by Crippen LogP contribution is -1.96. The van der Waals surface area contributed by atoms with Crippen LogP contribution in [0, 0.1) is 6.92 Å². The van der Waals surface area contributed by atoms with Crippen molar-refractivity contribution in [1.29, 1.82) is 0 Å². The molecular weight excluding hydrogens is 164 g/mol. The molecule has 0 saturated carbocycles. The summed E-state index contributed by atoms with van der Waals surface area (Å²) in [4.78, 5) is 0. The number of aliphatic hydroxyl groups is 1. The zero-order chi connectivity index (χ0) is 9.84. The summed E-state index contributed by atoms with van der Waals surface area (Å²) < 4.78 is 5.30. The normalized spacial score (nSPS) is 12.8. The molecule has 0 aromatic carbocycles. The number of rotatable bonds is 4. The van der Waals surface area contributed by atoms with Gasteiger partial charge in [0.25, 0.3) is 0 Å². The molecule has 1 aromatic heterocycles. The Labute approximate surface area is 78.9 Å². The quantitative estimate of drug-likeness (QED) is 0.722. The van der Waals surface area contributed by atoms with E-state index in [9.17, 15) is 5.11 Å². The minimum atomic E-state index is -0.541. The molecule has 1 atom stereocenters. The van der Waals surface area contributed by atoms with Crippen LogP contribution in [0.15, 0.2) is 28.7 Å². The molecule has 0 fully saturated rings. The first kappa shape index (κ1) is 10.1. The standard InChI is InChI=1S/C11H16O2/c1-4-8(2)7-10(12)11-6-5-9(3)13-11/h5-6,10,12H,2,4,7H2,1,3H3. The van der Waals surface area contributed by atoms with E-state index in [1.165, 1.54) is 0 Å². The van der Waals surface area contributed by atoms with Crippen molar-refractivity contribution < 1.29 is 9.52 Å². The summed E-state index contributed by atoms with van der Waals surface area (Å²) in [7, 11) is 0. The Hall–Kier alpha value is -1.02. The molecule has 0 bridgehead atoms. The predicted octanol–water partition coefficient (Wildman–Crippen LogP) is 2.98. The van der Waals surface area contributed by atoms with Gasteiger partial charge in [0.05, 0.1) is 0 Å². The average Bonchev–Trinajstić information content (AvgIpc) is 2.51. The molecule has 2 nitrogen and oxygen atoms in total. The second-order valence-electron chi connectivity index (χ2n) is 3.27. The molecule has 1 N–H and O–H groups in total. The molecule has 0 aliphatic rings. The van der Waals surface area contributed by atoms with Crippen molar-refractivity contribution in [2.45, 2.75) is 32.8 Å². The molecule has 1 aromatic rings. The Morgan fingerprint density at radius 3 is 2.77 bits per heavy atom. The van der Waals surface area contributed by atoms with Gasteiger partial charge in [-0.25, -0.2) is 0 Å². The average molecular weight is 180 g/mol. The second-order valence-corrected chi connectivity index (χ2v) is 3.27. The molecule has 0 amide bonds. The predicted molar refractivity (Wildman–Crippen MR) is 52.5 cm³/mol. The van der Waals surface area contributed by atoms with Gasteiger partial charge in [0.2, 0.25) is 0 Å². The molecule has 0 aliphatic carbocycles. The lowest BCUT2D eigenvalue weighted by atomic mass is 10.1. The highest BCUT2D eigenvalue weighted by Crippen LogP contribution is 2.22. The molecule has 13 heavy (non-hydrogen) atoms. The van der Waals surface area contributed by atoms with Crippen molar-refractivity contribution in [3.63, 3.8) is 0 Å². The van der Waals surface area contributed by atoms with Gasteiger partial charge in [0.15, 0.2) is 0 Å². The number of hydrogen-bond acceptors (Lipinski definition) is 2. The zero-order valence-corrected chi connectivity index (χ0v) is 8.21. The van der Waals surface area contributed by atoms with E-state index in [1.54, 1.807) is 0 Å². The summed E-state index contributed by atoms with van der Waals surface area (Å²) >= 11 is 0. The van der Waals surface area contributed by atoms with Crippen molar-refractivity contribution in [3.8, 4) is 0 Å². The van der Waals surface area contributed by atoms with Gasteiger partial charge in [-0.15, -0.1) is 0 Å². The number of furan rings is 1. The van der Waals surface area contributed by atoms with Gasteiger partial charge >= 0.3 is 0 Å². The van der Waals surface area contributed by atoms with E-state index in [0.717, 1.165) is 17.8 Å². The van der Waals surface area contributed by atoms with Gasteiger partial charge in [-0.1, -0.05) is 19.1 Å². The van der Waals surface area contributed by atoms with E-state index in [1.807, 2.05) is 26.0 Å². The zero-order valence-electron chi connectivity index (χ0n) is 8.21. The maximum Gasteiger partial charge on any atom is 0.132 e. The fourth-order valence-corrected chi connectivity index (χ4v) is 1.15. The monoisotopic (exact) mass is 180 g/mol. The summed E-state index contributed by atoms with van der Waals surface area (Å²) in [6.07, 6.45) is 0.946. The maximum absolute atomic E-state index is 9.68. The molecular formula is C11H16O2. The summed E-state index contributed by atoms with van der Waals surface area (Å²) in [6.45, 7) is 7.74. The van der Waals surface area contributed by atoms with Crippen LogP contribution in [0.4, 0.5) is 0 Å². The lowest BCUT2D eigenvalue weighted by Gasteiger charge is -2.08. The summed E-state index contributed by atoms with van der Waals surface area (Å²) in [5.74, 6) is 1.46. The second kappa shape index (κ2) is 4.28. The van der Waals surface area contributed by atoms with Gasteiger partial charge in [-0.3, -0.25) is 0 Å². The van der Waals surface area contributed by atoms with E-state index in [4.69, 9.17) is 4.42 Å². The number of aliphatic hydroxyl groups excluding tert-OH is 1. The van der Waals surface area contributed by atoms with Gasteiger partial charge in [0, 0.05) is 6.42 Å². The van der Waals surface area contributed by atoms with Crippen LogP contribution >= 0.6 is 0 Å². The van der Waals surface area contributed by atoms with E-state index >= 15 is 0 Å². The highest BCUT2D eigenvalue weighted by Gasteiger charge is 2.11. The SMILES string of the molecule is C=C(CC)CC(O)c1ccc(C)o1. The molecule has 0 saturated heterocycles. The van der Waals surface area contributed by atoms with Crippen LogP contribution in [0.5, 0.6) is 0 Å². The molecule has 0 spiro atoms. The van der Waals surface area contributed by atoms with Crippen LogP contribution in [-0.4, -0.2) is 5.11 Å². The fraction of sp³-hybridized carbons (Fsp3) is 0.455. The first-order chi connectivity index (χ1) is 6.13. The third-order valence-electron chi connectivity index (χ3n) is 2.07. The third kappa shape index (κ3) is 2.74. The minimum absolute atomic E-state index is 0.541. The Morgan fingerprint density at radius 1 is 1.62 bits per heavy atom. The first-order valence-electron chi connectivity index (χ1n) is 4.54. The lowest BCUT2D eigenvalue weighted by molar-refractivity contribution is 0.148. The van der Waals surface area contributed by atoms with Crippen molar-refractivity contribution in [2.24, 2.45) is 0 Å². The summed E-state index contributed by atoms with van der Waals surface area (Å²) in [6, 6.07) is 3.66. The highest BCUT2D eigenvalue weighted by molar-refractivity contribution is 5.10. The first-order valence-corrected chi connectivity index (χ1v) is 4.54. The molecule has 72 valence electrons. The van der Waals surface area contributed by atoms with Crippen LogP contribution in [-0.2, 0) is 0 Å². The Bertz CT molecular complexity index is 286. The maximum atomic E-state index is 9.68. The van der Waals surface area contributed by atoms with Gasteiger partial charge in [-0.2, -0.15) is 0 Å². The van der Waals surface area contributed by atoms with Crippen LogP contribution in [0.25, 0.3) is 0 Å². The van der Waals surface area contributed by atoms with Crippen molar-refractivity contribution >= 4 is 0 Å². The Balaban J connectivity index is 2.58. The van der Waals surface area contributed by atoms with Crippen LogP contribution in [0.3, 0.4) is 0 Å². The fourth-order valence-electron chi connectivity index (χ4n) is 1.15. The highest BCUT2D eigenvalue weighted by atomic mass is 16.4. The van der Waals surface area contributed by atoms with Crippen LogP contribution in [0.1, 0.15) is 37.4 Å². The Kier molecular flexibility index (Phi) is 3.32. The minimum Gasteiger partial charge on any atom is -0.464 e. The molecule has 1 heterocycles. The van der Waals surface area contributed by atoms with Crippen molar-refractivity contribution in [2.75, 3.05) is 0 Å². The molecule has 1 unspecified atom stereocenters. The van der Waals surface area contributed by atoms with E-state index in [0.29, 0.717) is 12.2 Å². The number of hydrogen-bond donors (Lipinski definition) is 1. The van der Waals surface area contributed by atoms with Crippen LogP contribution < -0.4 is 0 Å². The third-order valence-corrected chi connectivity index (χ3v) is 2.07. The van der Waals surface area contributed by atoms with Crippen molar-refractivity contribution in [1.82, 2.24) is 0 Å². The van der Waals surface area contributed by atoms with Gasteiger partial charge < -0.3 is 9.52 Å². The summed E-state index contributed by atoms with van der Waals surface area (Å²) in [5.41, 5.74) is 1.04. The smallest absolute Gasteiger partial charge is 0.132 e. The molecule has 0 aliphatic heterocycles. The largest absolute Gasteiger partial charge is 0.464 e. The van der Waals surface area contributed by atoms with Crippen molar-refractivity contribution in [3.05, 3.63) is 35.8 Å². The van der Waals surface area contributed by atoms with Crippen LogP contribution in [0.2, 0.25) is 0 Å². The number of aryl methyl sites for hydroxylation is 1. The van der Waals surface area contributed by atoms with Gasteiger partial charge in [0.1, 0.15) is 17.6 Å².